The minimum Gasteiger partial charge on any atom is -0.494 e. The summed E-state index contributed by atoms with van der Waals surface area (Å²) in [4.78, 5) is 11.9. The highest BCUT2D eigenvalue weighted by atomic mass is 16.3. The van der Waals surface area contributed by atoms with Crippen molar-refractivity contribution in [1.29, 1.82) is 0 Å². The zero-order chi connectivity index (χ0) is 13.5. The highest BCUT2D eigenvalue weighted by Gasteiger charge is 2.15. The number of hydrogen-bond acceptors (Lipinski definition) is 3. The molecule has 4 aromatic rings. The molecular weight excluding hydrogens is 250 g/mol. The summed E-state index contributed by atoms with van der Waals surface area (Å²) in [5.41, 5.74) is 3.79. The number of rotatable bonds is 1. The molecule has 0 saturated heterocycles. The molecule has 0 aliphatic rings. The van der Waals surface area contributed by atoms with Crippen molar-refractivity contribution < 1.29 is 5.11 Å². The smallest absolute Gasteiger partial charge is 0.200 e. The summed E-state index contributed by atoms with van der Waals surface area (Å²) in [6.45, 7) is 0. The average Bonchev–Trinajstić information content (AvgIpc) is 2.82. The number of para-hydroxylation sites is 1. The van der Waals surface area contributed by atoms with Gasteiger partial charge in [-0.15, -0.1) is 0 Å². The zero-order valence-corrected chi connectivity index (χ0v) is 10.5. The van der Waals surface area contributed by atoms with E-state index < -0.39 is 0 Å². The van der Waals surface area contributed by atoms with Crippen LogP contribution in [0.5, 0.6) is 5.88 Å². The summed E-state index contributed by atoms with van der Waals surface area (Å²) < 4.78 is 0. The number of fused-ring (bicyclic) bond motifs is 2. The summed E-state index contributed by atoms with van der Waals surface area (Å²) >= 11 is 0. The van der Waals surface area contributed by atoms with Crippen molar-refractivity contribution >= 4 is 21.9 Å². The maximum absolute atomic E-state index is 10.1. The summed E-state index contributed by atoms with van der Waals surface area (Å²) in [6.07, 6.45) is 1.71. The number of benzene rings is 1. The van der Waals surface area contributed by atoms with Crippen molar-refractivity contribution in [3.05, 3.63) is 54.7 Å². The predicted octanol–water partition coefficient (Wildman–Crippen LogP) is 3.48. The molecule has 0 fully saturated rings. The fourth-order valence-corrected chi connectivity index (χ4v) is 2.46. The molecule has 0 amide bonds. The van der Waals surface area contributed by atoms with Gasteiger partial charge in [0.25, 0.3) is 0 Å². The predicted molar refractivity (Wildman–Crippen MR) is 78.5 cm³/mol. The number of H-pyrrole nitrogens is 1. The van der Waals surface area contributed by atoms with Crippen LogP contribution in [0.15, 0.2) is 54.7 Å². The lowest BCUT2D eigenvalue weighted by atomic mass is 10.1. The Kier molecular flexibility index (Phi) is 2.23. The maximum atomic E-state index is 10.1. The van der Waals surface area contributed by atoms with Crippen LogP contribution in [-0.4, -0.2) is 20.1 Å². The van der Waals surface area contributed by atoms with Gasteiger partial charge in [0.1, 0.15) is 5.52 Å². The van der Waals surface area contributed by atoms with E-state index in [1.54, 1.807) is 6.20 Å². The third-order valence-electron chi connectivity index (χ3n) is 3.39. The molecule has 4 heteroatoms. The number of aromatic hydroxyl groups is 1. The average molecular weight is 261 g/mol. The molecule has 4 rings (SSSR count). The number of nitrogens with zero attached hydrogens (tertiary/aromatic N) is 2. The Bertz CT molecular complexity index is 927. The van der Waals surface area contributed by atoms with Gasteiger partial charge in [-0.2, -0.15) is 0 Å². The van der Waals surface area contributed by atoms with Crippen molar-refractivity contribution in [1.82, 2.24) is 15.0 Å². The van der Waals surface area contributed by atoms with Crippen molar-refractivity contribution in [2.75, 3.05) is 0 Å². The van der Waals surface area contributed by atoms with Gasteiger partial charge in [0.15, 0.2) is 0 Å². The third kappa shape index (κ3) is 1.55. The molecule has 4 nitrogen and oxygen atoms in total. The Labute approximate surface area is 114 Å². The lowest BCUT2D eigenvalue weighted by Gasteiger charge is -2.02. The van der Waals surface area contributed by atoms with Crippen molar-refractivity contribution in [2.24, 2.45) is 0 Å². The van der Waals surface area contributed by atoms with Crippen LogP contribution in [0.4, 0.5) is 0 Å². The van der Waals surface area contributed by atoms with E-state index in [0.29, 0.717) is 11.3 Å². The van der Waals surface area contributed by atoms with E-state index in [2.05, 4.69) is 15.0 Å². The summed E-state index contributed by atoms with van der Waals surface area (Å²) in [6, 6.07) is 15.5. The molecule has 20 heavy (non-hydrogen) atoms. The molecule has 0 spiro atoms. The van der Waals surface area contributed by atoms with Crippen LogP contribution >= 0.6 is 0 Å². The second-order valence-electron chi connectivity index (χ2n) is 4.64. The molecular formula is C16H11N3O. The van der Waals surface area contributed by atoms with Gasteiger partial charge in [-0.05, 0) is 24.3 Å². The Morgan fingerprint density at radius 2 is 1.85 bits per heavy atom. The highest BCUT2D eigenvalue weighted by molar-refractivity contribution is 5.96. The van der Waals surface area contributed by atoms with Gasteiger partial charge in [0.2, 0.25) is 5.88 Å². The molecule has 0 bridgehead atoms. The Hall–Kier alpha value is -2.88. The van der Waals surface area contributed by atoms with Gasteiger partial charge in [-0.1, -0.05) is 24.3 Å². The molecule has 3 aromatic heterocycles. The first kappa shape index (κ1) is 11.0. The lowest BCUT2D eigenvalue weighted by molar-refractivity contribution is 0.460. The monoisotopic (exact) mass is 261 g/mol. The fraction of sp³-hybridized carbons (Fsp3) is 0. The van der Waals surface area contributed by atoms with Crippen LogP contribution in [-0.2, 0) is 0 Å². The summed E-state index contributed by atoms with van der Waals surface area (Å²) in [5, 5.41) is 11.2. The molecule has 0 unspecified atom stereocenters. The number of nitrogens with one attached hydrogen (secondary N) is 1. The number of hydrogen-bond donors (Lipinski definition) is 2. The zero-order valence-electron chi connectivity index (χ0n) is 10.5. The standard InChI is InChI=1S/C16H11N3O/c20-16-14(15-13(19-16)6-3-9-17-15)12-8-7-10-4-1-2-5-11(10)18-12/h1-9,19-20H. The van der Waals surface area contributed by atoms with Crippen molar-refractivity contribution in [3.8, 4) is 17.1 Å². The normalized spacial score (nSPS) is 11.2. The SMILES string of the molecule is Oc1[nH]c2cccnc2c1-c1ccc2ccccc2n1. The molecule has 0 atom stereocenters. The first-order valence-corrected chi connectivity index (χ1v) is 6.35. The third-order valence-corrected chi connectivity index (χ3v) is 3.39. The maximum Gasteiger partial charge on any atom is 0.200 e. The topological polar surface area (TPSA) is 61.8 Å². The van der Waals surface area contributed by atoms with Crippen LogP contribution in [0.2, 0.25) is 0 Å². The van der Waals surface area contributed by atoms with E-state index in [0.717, 1.165) is 21.9 Å². The van der Waals surface area contributed by atoms with E-state index in [-0.39, 0.29) is 5.88 Å². The van der Waals surface area contributed by atoms with Gasteiger partial charge < -0.3 is 10.1 Å². The van der Waals surface area contributed by atoms with E-state index in [4.69, 9.17) is 0 Å². The van der Waals surface area contributed by atoms with Crippen molar-refractivity contribution in [2.45, 2.75) is 0 Å². The number of aromatic amines is 1. The lowest BCUT2D eigenvalue weighted by Crippen LogP contribution is -1.85. The molecule has 0 aliphatic heterocycles. The molecule has 0 radical (unpaired) electrons. The van der Waals surface area contributed by atoms with Gasteiger partial charge in [-0.25, -0.2) is 4.98 Å². The highest BCUT2D eigenvalue weighted by Crippen LogP contribution is 2.34. The van der Waals surface area contributed by atoms with Crippen LogP contribution in [0.3, 0.4) is 0 Å². The quantitative estimate of drug-likeness (QED) is 0.551. The van der Waals surface area contributed by atoms with E-state index in [1.165, 1.54) is 0 Å². The van der Waals surface area contributed by atoms with E-state index in [9.17, 15) is 5.11 Å². The van der Waals surface area contributed by atoms with Crippen LogP contribution in [0.1, 0.15) is 0 Å². The molecule has 96 valence electrons. The molecule has 0 saturated carbocycles. The molecule has 2 N–H and O–H groups in total. The van der Waals surface area contributed by atoms with Crippen LogP contribution in [0.25, 0.3) is 33.2 Å². The minimum absolute atomic E-state index is 0.0986. The van der Waals surface area contributed by atoms with Gasteiger partial charge >= 0.3 is 0 Å². The molecule has 3 heterocycles. The number of pyridine rings is 2. The first-order valence-electron chi connectivity index (χ1n) is 6.35. The summed E-state index contributed by atoms with van der Waals surface area (Å²) in [5.74, 6) is 0.0986. The molecule has 1 aromatic carbocycles. The number of aromatic nitrogens is 3. The Morgan fingerprint density at radius 3 is 2.80 bits per heavy atom. The minimum atomic E-state index is 0.0986. The Balaban J connectivity index is 2.03. The van der Waals surface area contributed by atoms with Crippen molar-refractivity contribution in [3.63, 3.8) is 0 Å². The van der Waals surface area contributed by atoms with Gasteiger partial charge in [0.05, 0.1) is 22.3 Å². The first-order chi connectivity index (χ1) is 9.83. The van der Waals surface area contributed by atoms with E-state index >= 15 is 0 Å². The Morgan fingerprint density at radius 1 is 0.950 bits per heavy atom. The van der Waals surface area contributed by atoms with Gasteiger partial charge in [0, 0.05) is 11.6 Å². The fourth-order valence-electron chi connectivity index (χ4n) is 2.46. The largest absolute Gasteiger partial charge is 0.494 e. The second kappa shape index (κ2) is 4.06. The van der Waals surface area contributed by atoms with Gasteiger partial charge in [-0.3, -0.25) is 4.98 Å². The van der Waals surface area contributed by atoms with Crippen LogP contribution in [0, 0.1) is 0 Å². The second-order valence-corrected chi connectivity index (χ2v) is 4.64. The van der Waals surface area contributed by atoms with E-state index in [1.807, 2.05) is 48.5 Å². The molecule has 0 aliphatic carbocycles. The summed E-state index contributed by atoms with van der Waals surface area (Å²) in [7, 11) is 0. The van der Waals surface area contributed by atoms with Crippen LogP contribution < -0.4 is 0 Å².